The predicted octanol–water partition coefficient (Wildman–Crippen LogP) is 3.17. The molecule has 6 heteroatoms. The number of aromatic nitrogens is 2. The summed E-state index contributed by atoms with van der Waals surface area (Å²) in [7, 11) is 1.76. The van der Waals surface area contributed by atoms with E-state index >= 15 is 0 Å². The van der Waals surface area contributed by atoms with Crippen LogP contribution in [0.25, 0.3) is 0 Å². The number of carbonyl (C=O) groups is 1. The Morgan fingerprint density at radius 1 is 1.26 bits per heavy atom. The summed E-state index contributed by atoms with van der Waals surface area (Å²) in [4.78, 5) is 25.4. The zero-order valence-corrected chi connectivity index (χ0v) is 13.4. The average molecular weight is 309 g/mol. The van der Waals surface area contributed by atoms with Gasteiger partial charge in [-0.3, -0.25) is 4.79 Å². The third-order valence-corrected chi connectivity index (χ3v) is 3.76. The molecule has 0 aromatic carbocycles. The number of rotatable bonds is 3. The highest BCUT2D eigenvalue weighted by molar-refractivity contribution is 6.12. The van der Waals surface area contributed by atoms with Crippen molar-refractivity contribution < 1.29 is 4.79 Å². The van der Waals surface area contributed by atoms with Gasteiger partial charge >= 0.3 is 0 Å². The fourth-order valence-electron chi connectivity index (χ4n) is 2.62. The van der Waals surface area contributed by atoms with Gasteiger partial charge in [0.15, 0.2) is 5.82 Å². The number of hydrogen-bond donors (Lipinski definition) is 1. The van der Waals surface area contributed by atoms with Crippen LogP contribution in [-0.4, -0.2) is 29.5 Å². The molecule has 0 aliphatic carbocycles. The van der Waals surface area contributed by atoms with Crippen molar-refractivity contribution >= 4 is 29.0 Å². The Morgan fingerprint density at radius 2 is 2.09 bits per heavy atom. The average Bonchev–Trinajstić information content (AvgIpc) is 2.67. The molecule has 118 valence electrons. The first-order valence-corrected chi connectivity index (χ1v) is 7.56. The van der Waals surface area contributed by atoms with Gasteiger partial charge in [-0.15, -0.1) is 0 Å². The van der Waals surface area contributed by atoms with Crippen molar-refractivity contribution in [2.75, 3.05) is 28.7 Å². The van der Waals surface area contributed by atoms with Crippen LogP contribution >= 0.6 is 0 Å². The molecule has 0 saturated heterocycles. The first-order valence-electron chi connectivity index (χ1n) is 7.56. The van der Waals surface area contributed by atoms with E-state index in [1.165, 1.54) is 0 Å². The molecular weight excluding hydrogens is 290 g/mol. The van der Waals surface area contributed by atoms with E-state index in [-0.39, 0.29) is 5.91 Å². The maximum absolute atomic E-state index is 12.7. The van der Waals surface area contributed by atoms with E-state index in [0.717, 1.165) is 17.3 Å². The topological polar surface area (TPSA) is 61.4 Å². The second-order valence-electron chi connectivity index (χ2n) is 5.17. The monoisotopic (exact) mass is 309 g/mol. The first-order chi connectivity index (χ1) is 11.2. The van der Waals surface area contributed by atoms with E-state index in [1.807, 2.05) is 43.2 Å². The van der Waals surface area contributed by atoms with Crippen LogP contribution in [0.1, 0.15) is 24.2 Å². The lowest BCUT2D eigenvalue weighted by Gasteiger charge is -2.23. The Morgan fingerprint density at radius 3 is 2.83 bits per heavy atom. The van der Waals surface area contributed by atoms with Crippen molar-refractivity contribution in [3.63, 3.8) is 0 Å². The Labute approximate surface area is 135 Å². The highest BCUT2D eigenvalue weighted by Crippen LogP contribution is 2.38. The quantitative estimate of drug-likeness (QED) is 0.943. The van der Waals surface area contributed by atoms with E-state index in [2.05, 4.69) is 15.3 Å². The number of anilines is 4. The van der Waals surface area contributed by atoms with Crippen LogP contribution in [0.2, 0.25) is 0 Å². The molecule has 0 spiro atoms. The molecule has 1 aliphatic rings. The molecule has 1 aliphatic heterocycles. The molecule has 23 heavy (non-hydrogen) atoms. The minimum atomic E-state index is -0.0822. The highest BCUT2D eigenvalue weighted by Gasteiger charge is 2.30. The van der Waals surface area contributed by atoms with Crippen molar-refractivity contribution in [3.8, 4) is 0 Å². The van der Waals surface area contributed by atoms with Crippen LogP contribution in [0.15, 0.2) is 42.7 Å². The summed E-state index contributed by atoms with van der Waals surface area (Å²) in [5, 5.41) is 3.12. The minimum absolute atomic E-state index is 0.0822. The fourth-order valence-corrected chi connectivity index (χ4v) is 2.62. The van der Waals surface area contributed by atoms with Gasteiger partial charge in [-0.1, -0.05) is 6.08 Å². The van der Waals surface area contributed by atoms with Crippen molar-refractivity contribution in [2.24, 2.45) is 0 Å². The van der Waals surface area contributed by atoms with Crippen LogP contribution in [0.5, 0.6) is 0 Å². The van der Waals surface area contributed by atoms with Crippen molar-refractivity contribution in [2.45, 2.75) is 13.8 Å². The van der Waals surface area contributed by atoms with E-state index in [1.54, 1.807) is 30.3 Å². The standard InChI is InChI=1S/C17H19N5O/c1-4-10-18-14-9-8-13-16(20-14)22(5-2)15-12(7-6-11-19-15)17(23)21(13)3/h4,6-11H,5H2,1-3H3,(H,18,20)/b10-4+. The summed E-state index contributed by atoms with van der Waals surface area (Å²) < 4.78 is 0. The maximum Gasteiger partial charge on any atom is 0.261 e. The molecule has 0 fully saturated rings. The molecule has 3 rings (SSSR count). The number of nitrogens with one attached hydrogen (secondary N) is 1. The highest BCUT2D eigenvalue weighted by atomic mass is 16.2. The second kappa shape index (κ2) is 6.08. The largest absolute Gasteiger partial charge is 0.347 e. The van der Waals surface area contributed by atoms with E-state index in [9.17, 15) is 4.79 Å². The number of hydrogen-bond acceptors (Lipinski definition) is 5. The van der Waals surface area contributed by atoms with Gasteiger partial charge in [0.1, 0.15) is 11.6 Å². The Bertz CT molecular complexity index is 771. The summed E-state index contributed by atoms with van der Waals surface area (Å²) in [6, 6.07) is 7.34. The number of pyridine rings is 2. The smallest absolute Gasteiger partial charge is 0.261 e. The fraction of sp³-hybridized carbons (Fsp3) is 0.235. The summed E-state index contributed by atoms with van der Waals surface area (Å²) >= 11 is 0. The van der Waals surface area contributed by atoms with Gasteiger partial charge in [-0.2, -0.15) is 0 Å². The lowest BCUT2D eigenvalue weighted by molar-refractivity contribution is 0.0994. The molecule has 0 atom stereocenters. The van der Waals surface area contributed by atoms with Crippen LogP contribution < -0.4 is 15.1 Å². The summed E-state index contributed by atoms with van der Waals surface area (Å²) in [5.41, 5.74) is 1.35. The van der Waals surface area contributed by atoms with E-state index < -0.39 is 0 Å². The first kappa shape index (κ1) is 15.0. The zero-order valence-electron chi connectivity index (χ0n) is 13.4. The number of carbonyl (C=O) groups excluding carboxylic acids is 1. The molecule has 0 radical (unpaired) electrons. The maximum atomic E-state index is 12.7. The Hall–Kier alpha value is -2.89. The van der Waals surface area contributed by atoms with Crippen molar-refractivity contribution in [1.82, 2.24) is 9.97 Å². The van der Waals surface area contributed by atoms with Gasteiger partial charge < -0.3 is 15.1 Å². The van der Waals surface area contributed by atoms with Crippen LogP contribution in [0, 0.1) is 0 Å². The molecule has 1 N–H and O–H groups in total. The molecule has 3 heterocycles. The van der Waals surface area contributed by atoms with E-state index in [0.29, 0.717) is 17.9 Å². The molecule has 0 bridgehead atoms. The van der Waals surface area contributed by atoms with Gasteiger partial charge in [-0.05, 0) is 44.3 Å². The van der Waals surface area contributed by atoms with Crippen LogP contribution in [-0.2, 0) is 0 Å². The Kier molecular flexibility index (Phi) is 3.97. The number of nitrogens with zero attached hydrogens (tertiary/aromatic N) is 4. The van der Waals surface area contributed by atoms with Gasteiger partial charge in [0.2, 0.25) is 0 Å². The van der Waals surface area contributed by atoms with E-state index in [4.69, 9.17) is 0 Å². The SMILES string of the molecule is C/C=C/Nc1ccc2c(n1)N(CC)c1ncccc1C(=O)N2C. The van der Waals surface area contributed by atoms with Crippen LogP contribution in [0.4, 0.5) is 23.1 Å². The lowest BCUT2D eigenvalue weighted by atomic mass is 10.2. The Balaban J connectivity index is 2.20. The molecule has 0 saturated carbocycles. The summed E-state index contributed by atoms with van der Waals surface area (Å²) in [5.74, 6) is 2.00. The van der Waals surface area contributed by atoms with Crippen molar-refractivity contribution in [1.29, 1.82) is 0 Å². The van der Waals surface area contributed by atoms with Gasteiger partial charge in [0, 0.05) is 19.8 Å². The number of allylic oxidation sites excluding steroid dienone is 1. The third-order valence-electron chi connectivity index (χ3n) is 3.76. The molecule has 2 aromatic rings. The molecule has 1 amide bonds. The summed E-state index contributed by atoms with van der Waals surface area (Å²) in [6.07, 6.45) is 5.42. The third kappa shape index (κ3) is 2.52. The van der Waals surface area contributed by atoms with Gasteiger partial charge in [0.05, 0.1) is 11.3 Å². The van der Waals surface area contributed by atoms with Gasteiger partial charge in [-0.25, -0.2) is 9.97 Å². The molecule has 0 unspecified atom stereocenters. The number of amides is 1. The second-order valence-corrected chi connectivity index (χ2v) is 5.17. The molecule has 6 nitrogen and oxygen atoms in total. The minimum Gasteiger partial charge on any atom is -0.347 e. The van der Waals surface area contributed by atoms with Crippen molar-refractivity contribution in [3.05, 3.63) is 48.3 Å². The van der Waals surface area contributed by atoms with Crippen LogP contribution in [0.3, 0.4) is 0 Å². The normalized spacial score (nSPS) is 13.8. The summed E-state index contributed by atoms with van der Waals surface area (Å²) in [6.45, 7) is 4.62. The number of fused-ring (bicyclic) bond motifs is 2. The zero-order chi connectivity index (χ0) is 16.4. The van der Waals surface area contributed by atoms with Gasteiger partial charge in [0.25, 0.3) is 5.91 Å². The molecule has 2 aromatic heterocycles. The lowest BCUT2D eigenvalue weighted by Crippen LogP contribution is -2.25. The molecular formula is C17H19N5O. The predicted molar refractivity (Wildman–Crippen MR) is 92.3 cm³/mol.